The van der Waals surface area contributed by atoms with Crippen molar-refractivity contribution in [3.05, 3.63) is 0 Å². The molecule has 13 heavy (non-hydrogen) atoms. The first-order chi connectivity index (χ1) is 4.79. The zero-order valence-electron chi connectivity index (χ0n) is 8.25. The summed E-state index contributed by atoms with van der Waals surface area (Å²) in [6.45, 7) is 1.11. The minimum atomic E-state index is -0.333. The van der Waals surface area contributed by atoms with E-state index in [0.29, 0.717) is 0 Å². The van der Waals surface area contributed by atoms with Crippen molar-refractivity contribution in [3.8, 4) is 0 Å². The molecule has 84 valence electrons. The van der Waals surface area contributed by atoms with E-state index >= 15 is 0 Å². The number of nitrogens with two attached hydrogens (primary N) is 2. The average molecular weight is 235 g/mol. The third kappa shape index (κ3) is 79.0. The zero-order valence-corrected chi connectivity index (χ0v) is 9.82. The molecule has 6 N–H and O–H groups in total. The molecule has 0 aromatic rings. The molecule has 0 aliphatic rings. The fourth-order valence-electron chi connectivity index (χ4n) is 0.300. The highest BCUT2D eigenvalue weighted by Crippen LogP contribution is 1.84. The fourth-order valence-corrected chi connectivity index (χ4v) is 0.300. The summed E-state index contributed by atoms with van der Waals surface area (Å²) < 4.78 is 0.844. The number of quaternary nitrogens is 1. The maximum Gasteiger partial charge on any atom is 0.183 e. The SMILES string of the molecule is C[N+](C)(C)CCO.Cl.N=C(N)N.[Cl-]. The summed E-state index contributed by atoms with van der Waals surface area (Å²) >= 11 is 0. The molecule has 0 aromatic carbocycles. The van der Waals surface area contributed by atoms with E-state index in [2.05, 4.69) is 32.6 Å². The van der Waals surface area contributed by atoms with Crippen LogP contribution in [-0.2, 0) is 0 Å². The van der Waals surface area contributed by atoms with Gasteiger partial charge in [-0.05, 0) is 0 Å². The summed E-state index contributed by atoms with van der Waals surface area (Å²) in [6.07, 6.45) is 0. The van der Waals surface area contributed by atoms with Gasteiger partial charge >= 0.3 is 0 Å². The molecule has 0 rings (SSSR count). The van der Waals surface area contributed by atoms with Gasteiger partial charge < -0.3 is 33.5 Å². The molecule has 0 atom stereocenters. The fraction of sp³-hybridized carbons (Fsp3) is 0.833. The van der Waals surface area contributed by atoms with Gasteiger partial charge in [0.1, 0.15) is 6.54 Å². The molecule has 0 radical (unpaired) electrons. The van der Waals surface area contributed by atoms with E-state index in [1.807, 2.05) is 0 Å². The van der Waals surface area contributed by atoms with E-state index in [4.69, 9.17) is 10.5 Å². The van der Waals surface area contributed by atoms with Crippen molar-refractivity contribution in [2.24, 2.45) is 11.5 Å². The van der Waals surface area contributed by atoms with E-state index in [-0.39, 0.29) is 37.4 Å². The van der Waals surface area contributed by atoms with Crippen molar-refractivity contribution in [2.75, 3.05) is 34.3 Å². The molecule has 0 saturated heterocycles. The number of halogens is 2. The zero-order chi connectivity index (χ0) is 9.49. The minimum absolute atomic E-state index is 0. The standard InChI is InChI=1S/C5H14NO.CH5N3.2ClH/c1-6(2,3)4-5-7;2-1(3)4;;/h7H,4-5H2,1-3H3;(H5,2,3,4);2*1H/q+1;;;/p-1. The number of nitrogens with one attached hydrogen (secondary N) is 1. The van der Waals surface area contributed by atoms with Gasteiger partial charge in [-0.15, -0.1) is 12.4 Å². The topological polar surface area (TPSA) is 96.1 Å². The Morgan fingerprint density at radius 1 is 1.31 bits per heavy atom. The van der Waals surface area contributed by atoms with Crippen LogP contribution < -0.4 is 23.9 Å². The van der Waals surface area contributed by atoms with Crippen LogP contribution in [0.15, 0.2) is 0 Å². The first-order valence-corrected chi connectivity index (χ1v) is 3.30. The van der Waals surface area contributed by atoms with Crippen LogP contribution in [0.5, 0.6) is 0 Å². The van der Waals surface area contributed by atoms with Crippen LogP contribution in [0.25, 0.3) is 0 Å². The van der Waals surface area contributed by atoms with Gasteiger partial charge in [-0.25, -0.2) is 0 Å². The van der Waals surface area contributed by atoms with E-state index in [0.717, 1.165) is 11.0 Å². The molecule has 0 spiro atoms. The first kappa shape index (κ1) is 23.0. The lowest BCUT2D eigenvalue weighted by Gasteiger charge is -2.21. The maximum atomic E-state index is 8.39. The molecule has 0 aliphatic carbocycles. The Morgan fingerprint density at radius 3 is 1.54 bits per heavy atom. The summed E-state index contributed by atoms with van der Waals surface area (Å²) in [7, 11) is 6.16. The van der Waals surface area contributed by atoms with Crippen molar-refractivity contribution in [1.82, 2.24) is 0 Å². The molecular formula is C6H20Cl2N4O. The van der Waals surface area contributed by atoms with Crippen LogP contribution in [0.2, 0.25) is 0 Å². The minimum Gasteiger partial charge on any atom is -1.00 e. The second-order valence-electron chi connectivity index (χ2n) is 3.19. The van der Waals surface area contributed by atoms with Gasteiger partial charge in [-0.1, -0.05) is 0 Å². The number of likely N-dealkylation sites (N-methyl/N-ethyl adjacent to an activating group) is 1. The quantitative estimate of drug-likeness (QED) is 0.223. The number of hydrogen-bond acceptors (Lipinski definition) is 2. The van der Waals surface area contributed by atoms with E-state index < -0.39 is 0 Å². The summed E-state index contributed by atoms with van der Waals surface area (Å²) in [5.41, 5.74) is 8.94. The molecule has 0 aromatic heterocycles. The largest absolute Gasteiger partial charge is 1.00 e. The van der Waals surface area contributed by atoms with Crippen LogP contribution in [0.1, 0.15) is 0 Å². The lowest BCUT2D eigenvalue weighted by Crippen LogP contribution is -3.00. The van der Waals surface area contributed by atoms with Gasteiger partial charge in [0, 0.05) is 0 Å². The van der Waals surface area contributed by atoms with Gasteiger partial charge in [-0.2, -0.15) is 0 Å². The second-order valence-corrected chi connectivity index (χ2v) is 3.19. The lowest BCUT2D eigenvalue weighted by molar-refractivity contribution is -0.870. The van der Waals surface area contributed by atoms with Gasteiger partial charge in [0.2, 0.25) is 0 Å². The third-order valence-corrected chi connectivity index (χ3v) is 0.771. The molecule has 0 aliphatic heterocycles. The van der Waals surface area contributed by atoms with Crippen LogP contribution in [-0.4, -0.2) is 49.8 Å². The van der Waals surface area contributed by atoms with Gasteiger partial charge in [-0.3, -0.25) is 5.41 Å². The average Bonchev–Trinajstić information content (AvgIpc) is 1.58. The highest BCUT2D eigenvalue weighted by molar-refractivity contribution is 5.85. The number of hydrogen-bond donors (Lipinski definition) is 4. The predicted molar refractivity (Wildman–Crippen MR) is 53.3 cm³/mol. The monoisotopic (exact) mass is 234 g/mol. The Labute approximate surface area is 92.0 Å². The summed E-state index contributed by atoms with van der Waals surface area (Å²) in [6, 6.07) is 0. The molecule has 0 unspecified atom stereocenters. The smallest absolute Gasteiger partial charge is 0.183 e. The Bertz CT molecular complexity index is 112. The molecular weight excluding hydrogens is 215 g/mol. The Hall–Kier alpha value is -0.230. The highest BCUT2D eigenvalue weighted by Gasteiger charge is 2.02. The number of rotatable bonds is 2. The van der Waals surface area contributed by atoms with Crippen molar-refractivity contribution in [2.45, 2.75) is 0 Å². The molecule has 5 nitrogen and oxygen atoms in total. The first-order valence-electron chi connectivity index (χ1n) is 3.30. The van der Waals surface area contributed by atoms with Crippen LogP contribution in [0, 0.1) is 5.41 Å². The molecule has 0 bridgehead atoms. The van der Waals surface area contributed by atoms with E-state index in [1.165, 1.54) is 0 Å². The highest BCUT2D eigenvalue weighted by atomic mass is 35.5. The number of aliphatic hydroxyl groups excluding tert-OH is 1. The van der Waals surface area contributed by atoms with Gasteiger partial charge in [0.15, 0.2) is 5.96 Å². The molecule has 7 heteroatoms. The summed E-state index contributed by atoms with van der Waals surface area (Å²) in [5.74, 6) is -0.333. The van der Waals surface area contributed by atoms with Crippen molar-refractivity contribution >= 4 is 18.4 Å². The number of guanidine groups is 1. The van der Waals surface area contributed by atoms with E-state index in [1.54, 1.807) is 0 Å². The van der Waals surface area contributed by atoms with Gasteiger partial charge in [0.05, 0.1) is 27.7 Å². The summed E-state index contributed by atoms with van der Waals surface area (Å²) in [5, 5.41) is 14.4. The lowest BCUT2D eigenvalue weighted by atomic mass is 10.5. The van der Waals surface area contributed by atoms with E-state index in [9.17, 15) is 0 Å². The Kier molecular flexibility index (Phi) is 20.8. The maximum absolute atomic E-state index is 8.39. The number of aliphatic hydroxyl groups is 1. The third-order valence-electron chi connectivity index (χ3n) is 0.771. The molecule has 0 heterocycles. The van der Waals surface area contributed by atoms with Crippen molar-refractivity contribution < 1.29 is 22.0 Å². The predicted octanol–water partition coefficient (Wildman–Crippen LogP) is -4.05. The normalized spacial score (nSPS) is 8.31. The molecule has 0 saturated carbocycles. The summed E-state index contributed by atoms with van der Waals surface area (Å²) in [4.78, 5) is 0. The number of nitrogens with zero attached hydrogens (tertiary/aromatic N) is 1. The van der Waals surface area contributed by atoms with Crippen LogP contribution >= 0.6 is 12.4 Å². The van der Waals surface area contributed by atoms with Crippen molar-refractivity contribution in [1.29, 1.82) is 5.41 Å². The molecule has 0 amide bonds. The second kappa shape index (κ2) is 11.8. The Balaban J connectivity index is -0.0000000600. The van der Waals surface area contributed by atoms with Crippen molar-refractivity contribution in [3.63, 3.8) is 0 Å². The van der Waals surface area contributed by atoms with Crippen LogP contribution in [0.4, 0.5) is 0 Å². The van der Waals surface area contributed by atoms with Crippen LogP contribution in [0.3, 0.4) is 0 Å². The molecule has 0 fully saturated rings. The Morgan fingerprint density at radius 2 is 1.54 bits per heavy atom. The van der Waals surface area contributed by atoms with Gasteiger partial charge in [0.25, 0.3) is 0 Å².